The molecular formula is C30H42N4O2. The van der Waals surface area contributed by atoms with Gasteiger partial charge in [-0.25, -0.2) is 0 Å². The number of hydrogen-bond acceptors (Lipinski definition) is 5. The van der Waals surface area contributed by atoms with Gasteiger partial charge in [-0.2, -0.15) is 0 Å². The molecule has 3 heterocycles. The lowest BCUT2D eigenvalue weighted by Crippen LogP contribution is -2.51. The molecule has 6 heteroatoms. The molecule has 2 aromatic carbocycles. The van der Waals surface area contributed by atoms with Crippen LogP contribution in [0, 0.1) is 5.41 Å². The van der Waals surface area contributed by atoms with Crippen LogP contribution in [0.5, 0.6) is 0 Å². The lowest BCUT2D eigenvalue weighted by atomic mass is 9.94. The van der Waals surface area contributed by atoms with E-state index in [0.29, 0.717) is 0 Å². The Balaban J connectivity index is 1.12. The molecule has 1 N–H and O–H groups in total. The monoisotopic (exact) mass is 490 g/mol. The van der Waals surface area contributed by atoms with E-state index in [0.717, 1.165) is 78.3 Å². The lowest BCUT2D eigenvalue weighted by Gasteiger charge is -2.39. The normalized spacial score (nSPS) is 20.1. The topological polar surface area (TPSA) is 50.3 Å². The summed E-state index contributed by atoms with van der Waals surface area (Å²) in [4.78, 5) is 21.8. The molecule has 0 saturated carbocycles. The number of benzene rings is 2. The van der Waals surface area contributed by atoms with Gasteiger partial charge in [0.15, 0.2) is 0 Å². The van der Waals surface area contributed by atoms with E-state index >= 15 is 0 Å². The third-order valence-corrected chi connectivity index (χ3v) is 8.00. The van der Waals surface area contributed by atoms with Gasteiger partial charge in [0, 0.05) is 76.5 Å². The molecule has 0 aliphatic carbocycles. The summed E-state index contributed by atoms with van der Waals surface area (Å²) in [6.45, 7) is 14.7. The SMILES string of the molecule is CC(C)(C)C(=O)N1CCN(c2ccc3c(c2)CCN(CC(O)CN2CCc4ccccc4C2)C3)CC1. The first kappa shape index (κ1) is 25.2. The first-order valence-corrected chi connectivity index (χ1v) is 13.6. The summed E-state index contributed by atoms with van der Waals surface area (Å²) in [5.41, 5.74) is 6.63. The van der Waals surface area contributed by atoms with Crippen molar-refractivity contribution < 1.29 is 9.90 Å². The number of amides is 1. The Labute approximate surface area is 216 Å². The van der Waals surface area contributed by atoms with E-state index in [9.17, 15) is 9.90 Å². The smallest absolute Gasteiger partial charge is 0.228 e. The quantitative estimate of drug-likeness (QED) is 0.698. The maximum Gasteiger partial charge on any atom is 0.228 e. The number of aliphatic hydroxyl groups is 1. The van der Waals surface area contributed by atoms with Gasteiger partial charge in [-0.1, -0.05) is 51.1 Å². The Hall–Kier alpha value is -2.41. The summed E-state index contributed by atoms with van der Waals surface area (Å²) in [5.74, 6) is 0.250. The maximum absolute atomic E-state index is 12.6. The van der Waals surface area contributed by atoms with Crippen molar-refractivity contribution in [1.82, 2.24) is 14.7 Å². The second-order valence-electron chi connectivity index (χ2n) is 11.9. The molecule has 3 aliphatic heterocycles. The average Bonchev–Trinajstić information content (AvgIpc) is 2.87. The van der Waals surface area contributed by atoms with E-state index < -0.39 is 0 Å². The molecule has 1 atom stereocenters. The molecule has 36 heavy (non-hydrogen) atoms. The molecule has 1 amide bonds. The van der Waals surface area contributed by atoms with Crippen molar-refractivity contribution in [3.05, 3.63) is 64.7 Å². The standard InChI is InChI=1S/C30H42N4O2/c1-30(2,3)29(36)34-16-14-33(15-17-34)27-9-8-26-20-32(13-11-24(26)18-27)22-28(35)21-31-12-10-23-6-4-5-7-25(23)19-31/h4-9,18,28,35H,10-17,19-22H2,1-3H3. The Kier molecular flexibility index (Phi) is 7.38. The van der Waals surface area contributed by atoms with Crippen molar-refractivity contribution in [2.45, 2.75) is 52.8 Å². The van der Waals surface area contributed by atoms with Gasteiger partial charge >= 0.3 is 0 Å². The molecule has 0 bridgehead atoms. The van der Waals surface area contributed by atoms with Gasteiger partial charge in [-0.05, 0) is 47.2 Å². The Bertz CT molecular complexity index is 1070. The van der Waals surface area contributed by atoms with Gasteiger partial charge in [0.05, 0.1) is 6.10 Å². The van der Waals surface area contributed by atoms with Crippen LogP contribution in [0.3, 0.4) is 0 Å². The molecule has 1 fully saturated rings. The summed E-state index contributed by atoms with van der Waals surface area (Å²) in [5, 5.41) is 10.9. The maximum atomic E-state index is 12.6. The Morgan fingerprint density at radius 1 is 0.806 bits per heavy atom. The highest BCUT2D eigenvalue weighted by Crippen LogP contribution is 2.27. The van der Waals surface area contributed by atoms with Crippen molar-refractivity contribution in [3.8, 4) is 0 Å². The summed E-state index contributed by atoms with van der Waals surface area (Å²) < 4.78 is 0. The van der Waals surface area contributed by atoms with Crippen LogP contribution in [0.4, 0.5) is 5.69 Å². The van der Waals surface area contributed by atoms with E-state index in [4.69, 9.17) is 0 Å². The molecule has 6 nitrogen and oxygen atoms in total. The zero-order valence-electron chi connectivity index (χ0n) is 22.2. The molecule has 5 rings (SSSR count). The van der Waals surface area contributed by atoms with Crippen LogP contribution in [0.25, 0.3) is 0 Å². The summed E-state index contributed by atoms with van der Waals surface area (Å²) in [6.07, 6.45) is 1.77. The van der Waals surface area contributed by atoms with Crippen LogP contribution in [-0.4, -0.2) is 84.2 Å². The van der Waals surface area contributed by atoms with Gasteiger partial charge in [0.25, 0.3) is 0 Å². The van der Waals surface area contributed by atoms with Crippen LogP contribution in [0.1, 0.15) is 43.0 Å². The van der Waals surface area contributed by atoms with Gasteiger partial charge in [-0.3, -0.25) is 14.6 Å². The minimum atomic E-state index is -0.330. The zero-order chi connectivity index (χ0) is 25.3. The first-order chi connectivity index (χ1) is 17.3. The average molecular weight is 491 g/mol. The van der Waals surface area contributed by atoms with Crippen molar-refractivity contribution in [1.29, 1.82) is 0 Å². The highest BCUT2D eigenvalue weighted by Gasteiger charge is 2.30. The number of hydrogen-bond donors (Lipinski definition) is 1. The Morgan fingerprint density at radius 3 is 2.03 bits per heavy atom. The van der Waals surface area contributed by atoms with E-state index in [2.05, 4.69) is 57.2 Å². The number of β-amino-alcohol motifs (C(OH)–C–C–N with tert-alkyl or cyclic N) is 1. The van der Waals surface area contributed by atoms with E-state index in [1.165, 1.54) is 27.9 Å². The number of fused-ring (bicyclic) bond motifs is 2. The predicted octanol–water partition coefficient (Wildman–Crippen LogP) is 3.16. The fraction of sp³-hybridized carbons (Fsp3) is 0.567. The summed E-state index contributed by atoms with van der Waals surface area (Å²) in [6, 6.07) is 15.6. The summed E-state index contributed by atoms with van der Waals surface area (Å²) in [7, 11) is 0. The Morgan fingerprint density at radius 2 is 1.39 bits per heavy atom. The molecule has 3 aliphatic rings. The predicted molar refractivity (Wildman–Crippen MR) is 145 cm³/mol. The number of anilines is 1. The van der Waals surface area contributed by atoms with Crippen LogP contribution >= 0.6 is 0 Å². The summed E-state index contributed by atoms with van der Waals surface area (Å²) >= 11 is 0. The minimum Gasteiger partial charge on any atom is -0.390 e. The van der Waals surface area contributed by atoms with Crippen LogP contribution in [0.2, 0.25) is 0 Å². The third-order valence-electron chi connectivity index (χ3n) is 8.00. The van der Waals surface area contributed by atoms with E-state index in [1.54, 1.807) is 0 Å². The molecule has 2 aromatic rings. The number of carbonyl (C=O) groups is 1. The van der Waals surface area contributed by atoms with Crippen molar-refractivity contribution >= 4 is 11.6 Å². The lowest BCUT2D eigenvalue weighted by molar-refractivity contribution is -0.139. The van der Waals surface area contributed by atoms with E-state index in [-0.39, 0.29) is 17.4 Å². The minimum absolute atomic E-state index is 0.250. The van der Waals surface area contributed by atoms with Crippen LogP contribution in [0.15, 0.2) is 42.5 Å². The fourth-order valence-corrected chi connectivity index (χ4v) is 5.96. The molecule has 194 valence electrons. The first-order valence-electron chi connectivity index (χ1n) is 13.6. The van der Waals surface area contributed by atoms with E-state index in [1.807, 2.05) is 25.7 Å². The highest BCUT2D eigenvalue weighted by atomic mass is 16.3. The van der Waals surface area contributed by atoms with Crippen molar-refractivity contribution in [2.75, 3.05) is 57.3 Å². The fourth-order valence-electron chi connectivity index (χ4n) is 5.96. The van der Waals surface area contributed by atoms with Crippen LogP contribution in [-0.2, 0) is 30.7 Å². The zero-order valence-corrected chi connectivity index (χ0v) is 22.2. The third kappa shape index (κ3) is 5.77. The van der Waals surface area contributed by atoms with Gasteiger partial charge in [-0.15, -0.1) is 0 Å². The van der Waals surface area contributed by atoms with Crippen molar-refractivity contribution in [2.24, 2.45) is 5.41 Å². The largest absolute Gasteiger partial charge is 0.390 e. The molecule has 0 spiro atoms. The van der Waals surface area contributed by atoms with Crippen LogP contribution < -0.4 is 4.90 Å². The second-order valence-corrected chi connectivity index (χ2v) is 11.9. The van der Waals surface area contributed by atoms with Gasteiger partial charge < -0.3 is 14.9 Å². The number of carbonyl (C=O) groups excluding carboxylic acids is 1. The second kappa shape index (κ2) is 10.5. The molecule has 1 saturated heterocycles. The molecular weight excluding hydrogens is 448 g/mol. The molecule has 0 aromatic heterocycles. The van der Waals surface area contributed by atoms with Crippen molar-refractivity contribution in [3.63, 3.8) is 0 Å². The number of aliphatic hydroxyl groups excluding tert-OH is 1. The number of nitrogens with zero attached hydrogens (tertiary/aromatic N) is 4. The van der Waals surface area contributed by atoms with Gasteiger partial charge in [0.1, 0.15) is 0 Å². The molecule has 1 unspecified atom stereocenters. The van der Waals surface area contributed by atoms with Gasteiger partial charge in [0.2, 0.25) is 5.91 Å². The number of rotatable bonds is 5. The highest BCUT2D eigenvalue weighted by molar-refractivity contribution is 5.81. The molecule has 0 radical (unpaired) electrons. The number of piperazine rings is 1.